The van der Waals surface area contributed by atoms with Crippen molar-refractivity contribution in [3.8, 4) is 0 Å². The van der Waals surface area contributed by atoms with E-state index in [4.69, 9.17) is 0 Å². The third-order valence-electron chi connectivity index (χ3n) is 10.5. The summed E-state index contributed by atoms with van der Waals surface area (Å²) >= 11 is 0. The highest BCUT2D eigenvalue weighted by Gasteiger charge is 2.36. The fourth-order valence-corrected chi connectivity index (χ4v) is 10.9. The van der Waals surface area contributed by atoms with Gasteiger partial charge < -0.3 is 9.80 Å². The van der Waals surface area contributed by atoms with Gasteiger partial charge in [0.2, 0.25) is 21.6 Å². The first-order chi connectivity index (χ1) is 27.3. The van der Waals surface area contributed by atoms with Gasteiger partial charge in [-0.25, -0.2) is 43.8 Å². The second-order valence-electron chi connectivity index (χ2n) is 14.4. The van der Waals surface area contributed by atoms with E-state index in [9.17, 15) is 38.8 Å². The van der Waals surface area contributed by atoms with E-state index in [0.29, 0.717) is 5.71 Å². The van der Waals surface area contributed by atoms with Crippen LogP contribution in [0.25, 0.3) is 11.1 Å². The maximum Gasteiger partial charge on any atom is 0.259 e. The van der Waals surface area contributed by atoms with Crippen LogP contribution in [-0.4, -0.2) is 61.0 Å². The highest BCUT2D eigenvalue weighted by atomic mass is 32.3. The van der Waals surface area contributed by atoms with Crippen molar-refractivity contribution < 1.29 is 43.8 Å². The van der Waals surface area contributed by atoms with E-state index in [-0.39, 0.29) is 13.0 Å². The molecule has 4 aromatic rings. The summed E-state index contributed by atoms with van der Waals surface area (Å²) < 4.78 is 121. The number of hydrogen-bond acceptors (Lipinski definition) is 6. The number of nitrogens with one attached hydrogen (secondary N) is 2. The standard InChI is InChI=1S/C42H41F5N4O4S2/c43-37-38(44)40(46)42(41(47)39(37)45)57(54,55)49-56(52,53)27-9-22-48-35-21-20-34(32-10-3-4-11-33(32)35)36(28-12-16-30(17-13-28)50-23-5-1-6-24-50)29-14-18-31(19-15-29)51-25-7-2-8-26-51/h3-4,10-21,49H,1-2,5-9,22-27H2/p+1. The maximum atomic E-state index is 14.2. The van der Waals surface area contributed by atoms with Gasteiger partial charge in [-0.15, -0.1) is 4.13 Å². The van der Waals surface area contributed by atoms with Gasteiger partial charge in [-0.3, -0.25) is 0 Å². The Bertz CT molecular complexity index is 2370. The van der Waals surface area contributed by atoms with Gasteiger partial charge in [0, 0.05) is 50.1 Å². The van der Waals surface area contributed by atoms with Crippen molar-refractivity contribution in [2.75, 3.05) is 48.3 Å². The van der Waals surface area contributed by atoms with Crippen molar-refractivity contribution in [3.63, 3.8) is 0 Å². The minimum atomic E-state index is -5.70. The number of piperidine rings is 2. The zero-order chi connectivity index (χ0) is 40.3. The van der Waals surface area contributed by atoms with Crippen LogP contribution >= 0.6 is 0 Å². The summed E-state index contributed by atoms with van der Waals surface area (Å²) in [5.41, 5.74) is 8.95. The van der Waals surface area contributed by atoms with Gasteiger partial charge in [0.25, 0.3) is 10.0 Å². The molecular formula is C42H42F5N4O4S2+. The maximum absolute atomic E-state index is 14.2. The minimum Gasteiger partial charge on any atom is -0.372 e. The van der Waals surface area contributed by atoms with Crippen molar-refractivity contribution in [1.29, 1.82) is 0 Å². The van der Waals surface area contributed by atoms with Crippen LogP contribution < -0.4 is 18.9 Å². The molecule has 57 heavy (non-hydrogen) atoms. The summed E-state index contributed by atoms with van der Waals surface area (Å²) in [5, 5.41) is 0. The second-order valence-corrected chi connectivity index (χ2v) is 18.1. The lowest BCUT2D eigenvalue weighted by Gasteiger charge is -2.29. The van der Waals surface area contributed by atoms with Crippen LogP contribution in [-0.2, 0) is 20.0 Å². The monoisotopic (exact) mass is 825 g/mol. The molecule has 0 bridgehead atoms. The highest BCUT2D eigenvalue weighted by Crippen LogP contribution is 2.38. The number of rotatable bonds is 11. The molecule has 8 nitrogen and oxygen atoms in total. The smallest absolute Gasteiger partial charge is 0.259 e. The van der Waals surface area contributed by atoms with Gasteiger partial charge in [0.15, 0.2) is 28.2 Å². The number of halogens is 5. The lowest BCUT2D eigenvalue weighted by Crippen LogP contribution is -2.73. The Balaban J connectivity index is 1.15. The molecule has 0 radical (unpaired) electrons. The molecular weight excluding hydrogens is 784 g/mol. The van der Waals surface area contributed by atoms with E-state index in [0.717, 1.165) is 63.7 Å². The van der Waals surface area contributed by atoms with E-state index in [1.807, 2.05) is 36.4 Å². The number of fused-ring (bicyclic) bond motifs is 1. The predicted octanol–water partition coefficient (Wildman–Crippen LogP) is 6.46. The van der Waals surface area contributed by atoms with E-state index < -0.39 is 59.8 Å². The Labute approximate surface area is 329 Å². The lowest BCUT2D eigenvalue weighted by molar-refractivity contribution is -0.455. The highest BCUT2D eigenvalue weighted by molar-refractivity contribution is 8.04. The van der Waals surface area contributed by atoms with Crippen LogP contribution in [0.4, 0.5) is 33.3 Å². The van der Waals surface area contributed by atoms with Crippen LogP contribution in [0.15, 0.2) is 89.8 Å². The Kier molecular flexibility index (Phi) is 12.0. The first kappa shape index (κ1) is 40.3. The summed E-state index contributed by atoms with van der Waals surface area (Å²) in [6, 6.07) is 25.2. The average Bonchev–Trinajstić information content (AvgIpc) is 3.22. The van der Waals surface area contributed by atoms with Crippen molar-refractivity contribution in [2.45, 2.75) is 49.8 Å². The Morgan fingerprint density at radius 1 is 0.596 bits per heavy atom. The van der Waals surface area contributed by atoms with E-state index >= 15 is 0 Å². The first-order valence-electron chi connectivity index (χ1n) is 19.0. The third-order valence-corrected chi connectivity index (χ3v) is 14.1. The molecule has 2 N–H and O–H groups in total. The molecule has 3 aliphatic rings. The third kappa shape index (κ3) is 8.70. The molecule has 0 atom stereocenters. The molecule has 2 heterocycles. The molecule has 2 saturated heterocycles. The van der Waals surface area contributed by atoms with Crippen LogP contribution in [0.1, 0.15) is 67.2 Å². The fraction of sp³-hybridized carbons (Fsp3) is 0.310. The summed E-state index contributed by atoms with van der Waals surface area (Å²) in [7, 11) is -10.5. The molecule has 0 spiro atoms. The summed E-state index contributed by atoms with van der Waals surface area (Å²) in [5.74, 6) is -13.8. The molecule has 2 fully saturated rings. The Morgan fingerprint density at radius 2 is 1.07 bits per heavy atom. The van der Waals surface area contributed by atoms with E-state index in [2.05, 4.69) is 63.3 Å². The van der Waals surface area contributed by atoms with Gasteiger partial charge in [0.05, 0.1) is 11.3 Å². The minimum absolute atomic E-state index is 0.0271. The molecule has 2 aliphatic heterocycles. The SMILES string of the molecule is O=S(=O)(CCC[NH+]=C1C=CC(=C(c2ccc(N3CCCCC3)cc2)c2ccc(N3CCCCC3)cc2)c2ccccc21)NS(=O)(=O)c1c(F)c(F)c(F)c(F)c1F. The van der Waals surface area contributed by atoms with Crippen molar-refractivity contribution >= 4 is 48.3 Å². The van der Waals surface area contributed by atoms with Crippen LogP contribution in [0.3, 0.4) is 0 Å². The number of anilines is 2. The fourth-order valence-electron chi connectivity index (χ4n) is 7.69. The summed E-state index contributed by atoms with van der Waals surface area (Å²) in [6.45, 7) is 4.17. The summed E-state index contributed by atoms with van der Waals surface area (Å²) in [6.07, 6.45) is 10.9. The van der Waals surface area contributed by atoms with Crippen molar-refractivity contribution in [2.24, 2.45) is 0 Å². The molecule has 15 heteroatoms. The van der Waals surface area contributed by atoms with Gasteiger partial charge >= 0.3 is 0 Å². The first-order valence-corrected chi connectivity index (χ1v) is 22.1. The number of hydrogen-bond donors (Lipinski definition) is 2. The van der Waals surface area contributed by atoms with Crippen molar-refractivity contribution in [1.82, 2.24) is 4.13 Å². The number of nitrogens with zero attached hydrogens (tertiary/aromatic N) is 2. The van der Waals surface area contributed by atoms with Crippen LogP contribution in [0.2, 0.25) is 0 Å². The summed E-state index contributed by atoms with van der Waals surface area (Å²) in [4.78, 5) is 5.77. The van der Waals surface area contributed by atoms with E-state index in [1.165, 1.54) is 49.9 Å². The largest absolute Gasteiger partial charge is 0.372 e. The Morgan fingerprint density at radius 3 is 1.58 bits per heavy atom. The molecule has 0 aromatic heterocycles. The molecule has 4 aromatic carbocycles. The lowest BCUT2D eigenvalue weighted by atomic mass is 9.83. The zero-order valence-corrected chi connectivity index (χ0v) is 32.6. The normalized spacial score (nSPS) is 16.9. The topological polar surface area (TPSA) is 101 Å². The number of allylic oxidation sites excluding steroid dienone is 3. The van der Waals surface area contributed by atoms with Gasteiger partial charge in [-0.2, -0.15) is 0 Å². The van der Waals surface area contributed by atoms with Crippen molar-refractivity contribution in [3.05, 3.63) is 136 Å². The quantitative estimate of drug-likeness (QED) is 0.0781. The molecule has 300 valence electrons. The zero-order valence-electron chi connectivity index (χ0n) is 31.0. The molecule has 7 rings (SSSR count). The van der Waals surface area contributed by atoms with Crippen LogP contribution in [0.5, 0.6) is 0 Å². The molecule has 1 aliphatic carbocycles. The van der Waals surface area contributed by atoms with Crippen LogP contribution in [0, 0.1) is 29.1 Å². The second kappa shape index (κ2) is 16.9. The number of benzene rings is 4. The molecule has 0 amide bonds. The van der Waals surface area contributed by atoms with Gasteiger partial charge in [-0.1, -0.05) is 42.5 Å². The molecule has 0 saturated carbocycles. The average molecular weight is 826 g/mol. The molecule has 0 unspecified atom stereocenters. The Hall–Kier alpha value is -4.86. The predicted molar refractivity (Wildman–Crippen MR) is 211 cm³/mol. The number of sulfonamides is 2. The van der Waals surface area contributed by atoms with Gasteiger partial charge in [0.1, 0.15) is 6.54 Å². The van der Waals surface area contributed by atoms with Gasteiger partial charge in [-0.05, 0) is 103 Å². The van der Waals surface area contributed by atoms with E-state index in [1.54, 1.807) is 0 Å².